The molecule has 32 heavy (non-hydrogen) atoms. The average molecular weight is 436 g/mol. The number of nitrogens with one attached hydrogen (secondary N) is 1. The van der Waals surface area contributed by atoms with Crippen LogP contribution in [0.4, 0.5) is 10.5 Å². The van der Waals surface area contributed by atoms with Crippen molar-refractivity contribution in [1.29, 1.82) is 0 Å². The van der Waals surface area contributed by atoms with Gasteiger partial charge in [0.15, 0.2) is 5.60 Å². The number of carbonyl (C=O) groups excluding carboxylic acids is 2. The van der Waals surface area contributed by atoms with E-state index in [1.807, 2.05) is 42.5 Å². The van der Waals surface area contributed by atoms with E-state index >= 15 is 0 Å². The molecule has 4 rings (SSSR count). The van der Waals surface area contributed by atoms with Gasteiger partial charge in [0.05, 0.1) is 18.8 Å². The number of hydrogen-bond donors (Lipinski definition) is 1. The zero-order chi connectivity index (χ0) is 22.6. The maximum atomic E-state index is 12.9. The Labute approximate surface area is 188 Å². The number of benzene rings is 1. The highest BCUT2D eigenvalue weighted by Crippen LogP contribution is 2.34. The number of likely N-dealkylation sites (tertiary alicyclic amines) is 1. The number of piperidine rings is 1. The Balaban J connectivity index is 1.34. The van der Waals surface area contributed by atoms with Crippen molar-refractivity contribution in [3.8, 4) is 0 Å². The number of aryl methyl sites for hydroxylation is 1. The van der Waals surface area contributed by atoms with E-state index in [2.05, 4.69) is 22.4 Å². The maximum absolute atomic E-state index is 12.9. The van der Waals surface area contributed by atoms with Crippen molar-refractivity contribution in [2.75, 3.05) is 25.5 Å². The van der Waals surface area contributed by atoms with Crippen molar-refractivity contribution in [2.24, 2.45) is 5.16 Å². The van der Waals surface area contributed by atoms with Crippen molar-refractivity contribution in [1.82, 2.24) is 14.8 Å². The minimum Gasteiger partial charge on any atom is -0.386 e. The summed E-state index contributed by atoms with van der Waals surface area (Å²) in [6.45, 7) is 3.54. The van der Waals surface area contributed by atoms with Crippen LogP contribution in [0.25, 0.3) is 0 Å². The second-order valence-electron chi connectivity index (χ2n) is 8.48. The molecule has 1 aromatic heterocycles. The molecule has 0 unspecified atom stereocenters. The number of hydrogen-bond acceptors (Lipinski definition) is 5. The predicted octanol–water partition coefficient (Wildman–Crippen LogP) is 3.45. The zero-order valence-corrected chi connectivity index (χ0v) is 18.6. The smallest absolute Gasteiger partial charge is 0.321 e. The highest BCUT2D eigenvalue weighted by atomic mass is 16.7. The first-order valence-corrected chi connectivity index (χ1v) is 11.0. The number of rotatable bonds is 5. The number of amides is 3. The molecular formula is C24H29N5O3. The van der Waals surface area contributed by atoms with E-state index in [0.29, 0.717) is 31.8 Å². The Bertz CT molecular complexity index is 992. The third-order valence-corrected chi connectivity index (χ3v) is 6.00. The fourth-order valence-electron chi connectivity index (χ4n) is 4.18. The first-order valence-electron chi connectivity index (χ1n) is 11.0. The minimum atomic E-state index is -0.640. The zero-order valence-electron chi connectivity index (χ0n) is 18.6. The van der Waals surface area contributed by atoms with E-state index in [4.69, 9.17) is 4.84 Å². The Morgan fingerprint density at radius 3 is 2.75 bits per heavy atom. The fraction of sp³-hybridized carbons (Fsp3) is 0.417. The van der Waals surface area contributed by atoms with Crippen molar-refractivity contribution < 1.29 is 14.4 Å². The maximum Gasteiger partial charge on any atom is 0.321 e. The fourth-order valence-corrected chi connectivity index (χ4v) is 4.18. The number of aromatic nitrogens is 1. The molecule has 1 N–H and O–H groups in total. The van der Waals surface area contributed by atoms with Gasteiger partial charge in [-0.25, -0.2) is 4.79 Å². The van der Waals surface area contributed by atoms with Gasteiger partial charge < -0.3 is 20.0 Å². The van der Waals surface area contributed by atoms with Gasteiger partial charge in [-0.3, -0.25) is 9.78 Å². The monoisotopic (exact) mass is 435 g/mol. The standard InChI is InChI=1S/C24H29N5O3/c1-3-18-8-10-19(11-9-18)26-23(31)29-14-6-12-24(17-29)15-21(27-32-24)22(30)28(2)16-20-7-4-5-13-25-20/h4-5,7-11,13H,3,6,12,14-17H2,1-2H3,(H,26,31)/t24-/m0/s1. The van der Waals surface area contributed by atoms with Crippen molar-refractivity contribution in [2.45, 2.75) is 44.8 Å². The van der Waals surface area contributed by atoms with Gasteiger partial charge in [-0.05, 0) is 49.1 Å². The SMILES string of the molecule is CCc1ccc(NC(=O)N2CCC[C@]3(CC(C(=O)N(C)Cc4ccccn4)=NO3)C2)cc1. The van der Waals surface area contributed by atoms with Crippen LogP contribution >= 0.6 is 0 Å². The normalized spacial score (nSPS) is 19.9. The van der Waals surface area contributed by atoms with Gasteiger partial charge in [0.2, 0.25) is 0 Å². The van der Waals surface area contributed by atoms with Crippen LogP contribution in [0.3, 0.4) is 0 Å². The van der Waals surface area contributed by atoms with Crippen molar-refractivity contribution in [3.63, 3.8) is 0 Å². The summed E-state index contributed by atoms with van der Waals surface area (Å²) in [6, 6.07) is 13.3. The number of oxime groups is 1. The second kappa shape index (κ2) is 9.38. The van der Waals surface area contributed by atoms with Gasteiger partial charge in [-0.1, -0.05) is 30.3 Å². The number of urea groups is 1. The predicted molar refractivity (Wildman–Crippen MR) is 122 cm³/mol. The van der Waals surface area contributed by atoms with Crippen LogP contribution in [-0.2, 0) is 22.6 Å². The Kier molecular flexibility index (Phi) is 6.39. The van der Waals surface area contributed by atoms with Gasteiger partial charge in [-0.2, -0.15) is 0 Å². The van der Waals surface area contributed by atoms with Crippen LogP contribution < -0.4 is 5.32 Å². The van der Waals surface area contributed by atoms with E-state index in [-0.39, 0.29) is 11.9 Å². The summed E-state index contributed by atoms with van der Waals surface area (Å²) in [5.41, 5.74) is 2.55. The lowest BCUT2D eigenvalue weighted by Crippen LogP contribution is -2.52. The van der Waals surface area contributed by atoms with E-state index in [1.54, 1.807) is 23.0 Å². The molecule has 1 aromatic carbocycles. The summed E-state index contributed by atoms with van der Waals surface area (Å²) >= 11 is 0. The molecule has 8 heteroatoms. The topological polar surface area (TPSA) is 87.1 Å². The molecule has 2 aliphatic rings. The third-order valence-electron chi connectivity index (χ3n) is 6.00. The molecule has 0 bridgehead atoms. The lowest BCUT2D eigenvalue weighted by Gasteiger charge is -2.38. The Morgan fingerprint density at radius 2 is 2.03 bits per heavy atom. The third kappa shape index (κ3) is 4.90. The van der Waals surface area contributed by atoms with Crippen LogP contribution in [0.1, 0.15) is 37.4 Å². The quantitative estimate of drug-likeness (QED) is 0.779. The summed E-state index contributed by atoms with van der Waals surface area (Å²) < 4.78 is 0. The molecule has 3 amide bonds. The summed E-state index contributed by atoms with van der Waals surface area (Å²) in [5.74, 6) is -0.176. The van der Waals surface area contributed by atoms with Crippen LogP contribution in [-0.4, -0.2) is 58.2 Å². The first kappa shape index (κ1) is 21.8. The molecule has 8 nitrogen and oxygen atoms in total. The van der Waals surface area contributed by atoms with Gasteiger partial charge in [0, 0.05) is 31.9 Å². The molecule has 2 aromatic rings. The van der Waals surface area contributed by atoms with Gasteiger partial charge in [0.25, 0.3) is 5.91 Å². The van der Waals surface area contributed by atoms with Gasteiger partial charge >= 0.3 is 6.03 Å². The summed E-state index contributed by atoms with van der Waals surface area (Å²) in [5, 5.41) is 7.08. The van der Waals surface area contributed by atoms with E-state index in [0.717, 1.165) is 30.6 Å². The van der Waals surface area contributed by atoms with Gasteiger partial charge in [-0.15, -0.1) is 0 Å². The van der Waals surface area contributed by atoms with E-state index in [1.165, 1.54) is 5.56 Å². The lowest BCUT2D eigenvalue weighted by molar-refractivity contribution is -0.123. The van der Waals surface area contributed by atoms with Crippen LogP contribution in [0.2, 0.25) is 0 Å². The number of nitrogens with zero attached hydrogens (tertiary/aromatic N) is 4. The van der Waals surface area contributed by atoms with Crippen LogP contribution in [0, 0.1) is 0 Å². The molecule has 0 saturated carbocycles. The van der Waals surface area contributed by atoms with Gasteiger partial charge in [0.1, 0.15) is 5.71 Å². The molecule has 1 atom stereocenters. The molecule has 1 spiro atoms. The largest absolute Gasteiger partial charge is 0.386 e. The van der Waals surface area contributed by atoms with Crippen molar-refractivity contribution >= 4 is 23.3 Å². The molecular weight excluding hydrogens is 406 g/mol. The lowest BCUT2D eigenvalue weighted by atomic mass is 9.88. The minimum absolute atomic E-state index is 0.163. The second-order valence-corrected chi connectivity index (χ2v) is 8.48. The average Bonchev–Trinajstić information content (AvgIpc) is 3.22. The number of anilines is 1. The highest BCUT2D eigenvalue weighted by Gasteiger charge is 2.46. The Morgan fingerprint density at radius 1 is 1.22 bits per heavy atom. The first-order chi connectivity index (χ1) is 15.5. The van der Waals surface area contributed by atoms with Crippen LogP contribution in [0.15, 0.2) is 53.8 Å². The number of pyridine rings is 1. The number of carbonyl (C=O) groups is 2. The molecule has 2 aliphatic heterocycles. The summed E-state index contributed by atoms with van der Waals surface area (Å²) in [6.07, 6.45) is 4.61. The summed E-state index contributed by atoms with van der Waals surface area (Å²) in [7, 11) is 1.73. The molecule has 0 radical (unpaired) electrons. The van der Waals surface area contributed by atoms with E-state index < -0.39 is 5.60 Å². The van der Waals surface area contributed by atoms with Crippen molar-refractivity contribution in [3.05, 3.63) is 59.9 Å². The molecule has 1 saturated heterocycles. The molecule has 3 heterocycles. The molecule has 0 aliphatic carbocycles. The highest BCUT2D eigenvalue weighted by molar-refractivity contribution is 6.39. The molecule has 168 valence electrons. The Hall–Kier alpha value is -3.42. The summed E-state index contributed by atoms with van der Waals surface area (Å²) in [4.78, 5) is 39.1. The van der Waals surface area contributed by atoms with E-state index in [9.17, 15) is 9.59 Å². The van der Waals surface area contributed by atoms with Crippen LogP contribution in [0.5, 0.6) is 0 Å². The molecule has 1 fully saturated rings.